The minimum atomic E-state index is 0.0522. The molecule has 1 unspecified atom stereocenters. The van der Waals surface area contributed by atoms with Gasteiger partial charge in [-0.2, -0.15) is 0 Å². The number of rotatable bonds is 4. The third-order valence-corrected chi connectivity index (χ3v) is 5.30. The number of benzene rings is 1. The summed E-state index contributed by atoms with van der Waals surface area (Å²) in [7, 11) is 0. The Labute approximate surface area is 159 Å². The van der Waals surface area contributed by atoms with E-state index in [0.29, 0.717) is 44.6 Å². The quantitative estimate of drug-likeness (QED) is 0.821. The Kier molecular flexibility index (Phi) is 5.50. The van der Waals surface area contributed by atoms with Crippen molar-refractivity contribution < 1.29 is 13.9 Å². The normalized spacial score (nSPS) is 21.4. The zero-order valence-corrected chi connectivity index (χ0v) is 15.8. The summed E-state index contributed by atoms with van der Waals surface area (Å²) in [5.74, 6) is 1.46. The van der Waals surface area contributed by atoms with E-state index < -0.39 is 0 Å². The fourth-order valence-electron chi connectivity index (χ4n) is 3.76. The maximum absolute atomic E-state index is 12.8. The average Bonchev–Trinajstić information content (AvgIpc) is 3.17. The van der Waals surface area contributed by atoms with E-state index in [9.17, 15) is 4.79 Å². The monoisotopic (exact) mass is 370 g/mol. The van der Waals surface area contributed by atoms with E-state index in [2.05, 4.69) is 15.1 Å². The minimum Gasteiger partial charge on any atom is -0.419 e. The molecule has 1 amide bonds. The molecule has 27 heavy (non-hydrogen) atoms. The summed E-state index contributed by atoms with van der Waals surface area (Å²) in [5.41, 5.74) is 2.13. The van der Waals surface area contributed by atoms with Gasteiger partial charge in [-0.25, -0.2) is 0 Å². The second-order valence-corrected chi connectivity index (χ2v) is 7.38. The number of aromatic nitrogens is 2. The second kappa shape index (κ2) is 8.19. The smallest absolute Gasteiger partial charge is 0.247 e. The number of amides is 1. The van der Waals surface area contributed by atoms with Gasteiger partial charge in [0.15, 0.2) is 0 Å². The van der Waals surface area contributed by atoms with Crippen molar-refractivity contribution >= 4 is 5.91 Å². The van der Waals surface area contributed by atoms with Crippen LogP contribution in [0.1, 0.15) is 24.3 Å². The number of carbonyl (C=O) groups is 1. The number of hydrogen-bond acceptors (Lipinski definition) is 6. The molecule has 0 saturated carbocycles. The standard InChI is InChI=1S/C20H26N4O3/c1-15-4-6-16(7-5-15)19-22-21-18(27-19)14-23-8-2-3-17(13-23)20(25)24-9-11-26-12-10-24/h4-7,17H,2-3,8-14H2,1H3. The molecule has 1 atom stereocenters. The van der Waals surface area contributed by atoms with Gasteiger partial charge in [0.2, 0.25) is 17.7 Å². The number of aryl methyl sites for hydroxylation is 1. The maximum Gasteiger partial charge on any atom is 0.247 e. The number of likely N-dealkylation sites (tertiary alicyclic amines) is 1. The van der Waals surface area contributed by atoms with Gasteiger partial charge in [0, 0.05) is 25.2 Å². The highest BCUT2D eigenvalue weighted by molar-refractivity contribution is 5.79. The van der Waals surface area contributed by atoms with Crippen molar-refractivity contribution in [2.45, 2.75) is 26.3 Å². The Bertz CT molecular complexity index is 768. The number of morpholine rings is 1. The minimum absolute atomic E-state index is 0.0522. The third kappa shape index (κ3) is 4.36. The van der Waals surface area contributed by atoms with Crippen molar-refractivity contribution in [2.24, 2.45) is 5.92 Å². The zero-order chi connectivity index (χ0) is 18.6. The van der Waals surface area contributed by atoms with Crippen LogP contribution in [0.15, 0.2) is 28.7 Å². The number of nitrogens with zero attached hydrogens (tertiary/aromatic N) is 4. The first-order chi connectivity index (χ1) is 13.2. The Morgan fingerprint density at radius 1 is 1.15 bits per heavy atom. The largest absolute Gasteiger partial charge is 0.419 e. The lowest BCUT2D eigenvalue weighted by Crippen LogP contribution is -2.48. The molecular weight excluding hydrogens is 344 g/mol. The summed E-state index contributed by atoms with van der Waals surface area (Å²) in [6.45, 7) is 7.04. The van der Waals surface area contributed by atoms with Gasteiger partial charge in [0.1, 0.15) is 0 Å². The van der Waals surface area contributed by atoms with Crippen molar-refractivity contribution in [3.05, 3.63) is 35.7 Å². The fraction of sp³-hybridized carbons (Fsp3) is 0.550. The Morgan fingerprint density at radius 3 is 2.70 bits per heavy atom. The Balaban J connectivity index is 1.36. The van der Waals surface area contributed by atoms with Crippen molar-refractivity contribution in [3.8, 4) is 11.5 Å². The molecule has 2 fully saturated rings. The van der Waals surface area contributed by atoms with Crippen LogP contribution >= 0.6 is 0 Å². The van der Waals surface area contributed by atoms with Crippen LogP contribution in [0.4, 0.5) is 0 Å². The predicted octanol–water partition coefficient (Wildman–Crippen LogP) is 2.12. The number of ether oxygens (including phenoxy) is 1. The molecule has 7 heteroatoms. The van der Waals surface area contributed by atoms with Gasteiger partial charge in [-0.15, -0.1) is 10.2 Å². The van der Waals surface area contributed by atoms with Gasteiger partial charge in [0.25, 0.3) is 0 Å². The Morgan fingerprint density at radius 2 is 1.93 bits per heavy atom. The van der Waals surface area contributed by atoms with E-state index in [1.54, 1.807) is 0 Å². The average molecular weight is 370 g/mol. The second-order valence-electron chi connectivity index (χ2n) is 7.38. The van der Waals surface area contributed by atoms with E-state index in [1.807, 2.05) is 36.1 Å². The van der Waals surface area contributed by atoms with E-state index in [-0.39, 0.29) is 11.8 Å². The highest BCUT2D eigenvalue weighted by Gasteiger charge is 2.30. The molecule has 144 valence electrons. The first-order valence-corrected chi connectivity index (χ1v) is 9.67. The SMILES string of the molecule is Cc1ccc(-c2nnc(CN3CCCC(C(=O)N4CCOCC4)C3)o2)cc1. The molecule has 0 bridgehead atoms. The van der Waals surface area contributed by atoms with Gasteiger partial charge >= 0.3 is 0 Å². The van der Waals surface area contributed by atoms with E-state index >= 15 is 0 Å². The molecule has 1 aromatic heterocycles. The predicted molar refractivity (Wildman–Crippen MR) is 99.9 cm³/mol. The molecule has 2 aromatic rings. The summed E-state index contributed by atoms with van der Waals surface area (Å²) < 4.78 is 11.2. The van der Waals surface area contributed by atoms with Crippen LogP contribution in [0.5, 0.6) is 0 Å². The van der Waals surface area contributed by atoms with Crippen LogP contribution in [0.3, 0.4) is 0 Å². The fourth-order valence-corrected chi connectivity index (χ4v) is 3.76. The lowest BCUT2D eigenvalue weighted by atomic mass is 9.96. The molecule has 2 aliphatic rings. The summed E-state index contributed by atoms with van der Waals surface area (Å²) in [4.78, 5) is 17.0. The van der Waals surface area contributed by atoms with E-state index in [0.717, 1.165) is 31.5 Å². The molecule has 0 N–H and O–H groups in total. The third-order valence-electron chi connectivity index (χ3n) is 5.30. The topological polar surface area (TPSA) is 71.7 Å². The molecule has 7 nitrogen and oxygen atoms in total. The molecule has 4 rings (SSSR count). The lowest BCUT2D eigenvalue weighted by molar-refractivity contribution is -0.141. The number of piperidine rings is 1. The maximum atomic E-state index is 12.8. The molecule has 0 radical (unpaired) electrons. The van der Waals surface area contributed by atoms with Crippen molar-refractivity contribution in [2.75, 3.05) is 39.4 Å². The van der Waals surface area contributed by atoms with Gasteiger partial charge < -0.3 is 14.1 Å². The van der Waals surface area contributed by atoms with Crippen LogP contribution in [0, 0.1) is 12.8 Å². The molecule has 2 saturated heterocycles. The molecule has 3 heterocycles. The van der Waals surface area contributed by atoms with Crippen LogP contribution < -0.4 is 0 Å². The summed E-state index contributed by atoms with van der Waals surface area (Å²) in [6, 6.07) is 8.05. The first-order valence-electron chi connectivity index (χ1n) is 9.67. The van der Waals surface area contributed by atoms with Crippen LogP contribution in [0.2, 0.25) is 0 Å². The molecule has 1 aromatic carbocycles. The molecule has 0 aliphatic carbocycles. The zero-order valence-electron chi connectivity index (χ0n) is 15.8. The van der Waals surface area contributed by atoms with Gasteiger partial charge in [0.05, 0.1) is 25.7 Å². The van der Waals surface area contributed by atoms with Crippen molar-refractivity contribution in [1.82, 2.24) is 20.0 Å². The highest BCUT2D eigenvalue weighted by Crippen LogP contribution is 2.23. The van der Waals surface area contributed by atoms with E-state index in [4.69, 9.17) is 9.15 Å². The van der Waals surface area contributed by atoms with Crippen molar-refractivity contribution in [3.63, 3.8) is 0 Å². The summed E-state index contributed by atoms with van der Waals surface area (Å²) >= 11 is 0. The van der Waals surface area contributed by atoms with E-state index in [1.165, 1.54) is 5.56 Å². The number of hydrogen-bond donors (Lipinski definition) is 0. The highest BCUT2D eigenvalue weighted by atomic mass is 16.5. The van der Waals surface area contributed by atoms with Crippen LogP contribution in [-0.2, 0) is 16.1 Å². The molecular formula is C20H26N4O3. The number of carbonyl (C=O) groups excluding carboxylic acids is 1. The molecule has 0 spiro atoms. The van der Waals surface area contributed by atoms with Gasteiger partial charge in [-0.1, -0.05) is 17.7 Å². The van der Waals surface area contributed by atoms with Crippen LogP contribution in [-0.4, -0.2) is 65.3 Å². The van der Waals surface area contributed by atoms with Crippen molar-refractivity contribution in [1.29, 1.82) is 0 Å². The molecule has 2 aliphatic heterocycles. The van der Waals surface area contributed by atoms with Gasteiger partial charge in [-0.05, 0) is 38.4 Å². The van der Waals surface area contributed by atoms with Gasteiger partial charge in [-0.3, -0.25) is 9.69 Å². The lowest BCUT2D eigenvalue weighted by Gasteiger charge is -2.35. The summed E-state index contributed by atoms with van der Waals surface area (Å²) in [6.07, 6.45) is 1.96. The summed E-state index contributed by atoms with van der Waals surface area (Å²) in [5, 5.41) is 8.38. The van der Waals surface area contributed by atoms with Crippen LogP contribution in [0.25, 0.3) is 11.5 Å². The first kappa shape index (κ1) is 18.1. The Hall–Kier alpha value is -2.25.